The van der Waals surface area contributed by atoms with Gasteiger partial charge in [0.2, 0.25) is 0 Å². The van der Waals surface area contributed by atoms with E-state index in [2.05, 4.69) is 19.4 Å². The summed E-state index contributed by atoms with van der Waals surface area (Å²) in [5, 5.41) is 0. The number of anilines is 1. The molecule has 0 aliphatic carbocycles. The molecule has 3 heterocycles. The van der Waals surface area contributed by atoms with E-state index in [0.717, 1.165) is 44.2 Å². The topological polar surface area (TPSA) is 69.2 Å². The lowest BCUT2D eigenvalue weighted by molar-refractivity contribution is 0.158. The molecule has 6 nitrogen and oxygen atoms in total. The van der Waals surface area contributed by atoms with Gasteiger partial charge in [0.05, 0.1) is 6.61 Å². The van der Waals surface area contributed by atoms with Crippen molar-refractivity contribution in [3.05, 3.63) is 30.7 Å². The van der Waals surface area contributed by atoms with E-state index in [1.54, 1.807) is 13.3 Å². The molecule has 0 aromatic carbocycles. The maximum atomic E-state index is 5.78. The molecule has 2 aromatic heterocycles. The average molecular weight is 301 g/mol. The molecule has 6 heteroatoms. The van der Waals surface area contributed by atoms with Gasteiger partial charge in [0.25, 0.3) is 0 Å². The van der Waals surface area contributed by atoms with Crippen LogP contribution in [0.15, 0.2) is 30.7 Å². The number of aromatic nitrogens is 3. The number of ether oxygens (including phenoxy) is 1. The van der Waals surface area contributed by atoms with Crippen molar-refractivity contribution in [2.24, 2.45) is 5.92 Å². The number of hydrogen-bond acceptors (Lipinski definition) is 5. The van der Waals surface area contributed by atoms with Crippen LogP contribution in [0.4, 0.5) is 5.82 Å². The van der Waals surface area contributed by atoms with Gasteiger partial charge < -0.3 is 19.9 Å². The fourth-order valence-electron chi connectivity index (χ4n) is 3.07. The molecule has 0 bridgehead atoms. The molecule has 3 rings (SSSR count). The van der Waals surface area contributed by atoms with Gasteiger partial charge >= 0.3 is 0 Å². The van der Waals surface area contributed by atoms with Crippen molar-refractivity contribution in [1.29, 1.82) is 0 Å². The van der Waals surface area contributed by atoms with Crippen LogP contribution in [0.1, 0.15) is 6.42 Å². The van der Waals surface area contributed by atoms with Crippen molar-refractivity contribution in [3.63, 3.8) is 0 Å². The Balaban J connectivity index is 1.66. The summed E-state index contributed by atoms with van der Waals surface area (Å²) in [5.41, 5.74) is 6.80. The Kier molecular flexibility index (Phi) is 4.70. The number of nitrogens with two attached hydrogens (primary N) is 1. The lowest BCUT2D eigenvalue weighted by Gasteiger charge is -2.16. The van der Waals surface area contributed by atoms with E-state index in [9.17, 15) is 0 Å². The number of nitrogen functional groups attached to an aromatic ring is 1. The molecule has 0 radical (unpaired) electrons. The van der Waals surface area contributed by atoms with Gasteiger partial charge in [0.1, 0.15) is 11.6 Å². The van der Waals surface area contributed by atoms with E-state index in [-0.39, 0.29) is 0 Å². The van der Waals surface area contributed by atoms with Crippen molar-refractivity contribution in [1.82, 2.24) is 19.4 Å². The van der Waals surface area contributed by atoms with Crippen LogP contribution in [0.25, 0.3) is 11.4 Å². The Morgan fingerprint density at radius 1 is 1.36 bits per heavy atom. The van der Waals surface area contributed by atoms with Gasteiger partial charge in [-0.1, -0.05) is 0 Å². The summed E-state index contributed by atoms with van der Waals surface area (Å²) in [6.45, 7) is 5.09. The zero-order valence-electron chi connectivity index (χ0n) is 13.0. The minimum atomic E-state index is 0.527. The molecule has 2 aromatic rings. The lowest BCUT2D eigenvalue weighted by atomic mass is 10.1. The van der Waals surface area contributed by atoms with Crippen molar-refractivity contribution in [2.75, 3.05) is 39.1 Å². The van der Waals surface area contributed by atoms with E-state index in [1.807, 2.05) is 24.5 Å². The molecule has 1 saturated heterocycles. The highest BCUT2D eigenvalue weighted by Gasteiger charge is 2.23. The Bertz CT molecular complexity index is 612. The van der Waals surface area contributed by atoms with Crippen LogP contribution in [0.3, 0.4) is 0 Å². The summed E-state index contributed by atoms with van der Waals surface area (Å²) in [4.78, 5) is 11.0. The fourth-order valence-corrected chi connectivity index (χ4v) is 3.07. The van der Waals surface area contributed by atoms with Gasteiger partial charge in [-0.25, -0.2) is 9.97 Å². The molecule has 2 N–H and O–H groups in total. The summed E-state index contributed by atoms with van der Waals surface area (Å²) in [7, 11) is 1.76. The van der Waals surface area contributed by atoms with Gasteiger partial charge in [0.15, 0.2) is 0 Å². The second-order valence-electron chi connectivity index (χ2n) is 5.82. The average Bonchev–Trinajstić information content (AvgIpc) is 3.15. The second kappa shape index (κ2) is 6.89. The Hall–Kier alpha value is -1.92. The van der Waals surface area contributed by atoms with E-state index in [1.165, 1.54) is 6.42 Å². The van der Waals surface area contributed by atoms with Crippen LogP contribution in [-0.2, 0) is 11.3 Å². The first-order valence-corrected chi connectivity index (χ1v) is 7.70. The van der Waals surface area contributed by atoms with Gasteiger partial charge in [-0.2, -0.15) is 0 Å². The largest absolute Gasteiger partial charge is 0.384 e. The first kappa shape index (κ1) is 15.0. The summed E-state index contributed by atoms with van der Waals surface area (Å²) in [6.07, 6.45) is 6.85. The Labute approximate surface area is 130 Å². The predicted molar refractivity (Wildman–Crippen MR) is 86.3 cm³/mol. The number of methoxy groups -OCH3 is 1. The maximum absolute atomic E-state index is 5.78. The zero-order chi connectivity index (χ0) is 15.4. The molecular formula is C16H23N5O. The molecule has 1 aliphatic heterocycles. The summed E-state index contributed by atoms with van der Waals surface area (Å²) in [6, 6.07) is 3.83. The first-order chi connectivity index (χ1) is 10.8. The molecule has 0 saturated carbocycles. The Morgan fingerprint density at radius 2 is 2.27 bits per heavy atom. The lowest BCUT2D eigenvalue weighted by Crippen LogP contribution is -2.25. The van der Waals surface area contributed by atoms with Crippen LogP contribution in [-0.4, -0.2) is 52.8 Å². The van der Waals surface area contributed by atoms with Gasteiger partial charge in [0, 0.05) is 50.9 Å². The van der Waals surface area contributed by atoms with Crippen LogP contribution in [0.2, 0.25) is 0 Å². The van der Waals surface area contributed by atoms with Crippen LogP contribution < -0.4 is 5.73 Å². The third-order valence-corrected chi connectivity index (χ3v) is 4.19. The number of hydrogen-bond donors (Lipinski definition) is 1. The normalized spacial score (nSPS) is 18.9. The van der Waals surface area contributed by atoms with Crippen molar-refractivity contribution in [2.45, 2.75) is 13.0 Å². The molecule has 0 amide bonds. The molecule has 0 spiro atoms. The van der Waals surface area contributed by atoms with Crippen LogP contribution in [0.5, 0.6) is 0 Å². The highest BCUT2D eigenvalue weighted by Crippen LogP contribution is 2.23. The number of rotatable bonds is 6. The van der Waals surface area contributed by atoms with E-state index in [4.69, 9.17) is 10.5 Å². The number of imidazole rings is 1. The van der Waals surface area contributed by atoms with E-state index < -0.39 is 0 Å². The molecule has 1 fully saturated rings. The highest BCUT2D eigenvalue weighted by molar-refractivity contribution is 5.58. The fraction of sp³-hybridized carbons (Fsp3) is 0.500. The second-order valence-corrected chi connectivity index (χ2v) is 5.82. The molecule has 1 atom stereocenters. The smallest absolute Gasteiger partial charge is 0.140 e. The third kappa shape index (κ3) is 3.45. The number of nitrogens with zero attached hydrogens (tertiary/aromatic N) is 4. The third-order valence-electron chi connectivity index (χ3n) is 4.19. The predicted octanol–water partition coefficient (Wildman–Crippen LogP) is 1.50. The number of pyridine rings is 1. The molecule has 1 aliphatic rings. The van der Waals surface area contributed by atoms with E-state index >= 15 is 0 Å². The molecule has 1 unspecified atom stereocenters. The number of likely N-dealkylation sites (tertiary alicyclic amines) is 1. The summed E-state index contributed by atoms with van der Waals surface area (Å²) >= 11 is 0. The maximum Gasteiger partial charge on any atom is 0.140 e. The van der Waals surface area contributed by atoms with Gasteiger partial charge in [-0.3, -0.25) is 0 Å². The van der Waals surface area contributed by atoms with Gasteiger partial charge in [-0.05, 0) is 31.0 Å². The Morgan fingerprint density at radius 3 is 3.09 bits per heavy atom. The van der Waals surface area contributed by atoms with Crippen molar-refractivity contribution in [3.8, 4) is 11.4 Å². The minimum Gasteiger partial charge on any atom is -0.384 e. The van der Waals surface area contributed by atoms with Crippen molar-refractivity contribution >= 4 is 5.82 Å². The molecule has 22 heavy (non-hydrogen) atoms. The summed E-state index contributed by atoms with van der Waals surface area (Å²) in [5.74, 6) is 2.15. The monoisotopic (exact) mass is 301 g/mol. The summed E-state index contributed by atoms with van der Waals surface area (Å²) < 4.78 is 7.38. The quantitative estimate of drug-likeness (QED) is 0.875. The standard InChI is InChI=1S/C16H23N5O/c1-22-9-8-20-6-3-13(11-20)12-21-7-5-19-16(21)14-2-4-18-15(17)10-14/h2,4-5,7,10,13H,3,6,8-9,11-12H2,1H3,(H2,17,18). The molecular weight excluding hydrogens is 278 g/mol. The SMILES string of the molecule is COCCN1CCC(Cn2ccnc2-c2ccnc(N)c2)C1. The van der Waals surface area contributed by atoms with E-state index in [0.29, 0.717) is 11.7 Å². The van der Waals surface area contributed by atoms with Crippen molar-refractivity contribution < 1.29 is 4.74 Å². The molecule has 118 valence electrons. The van der Waals surface area contributed by atoms with Gasteiger partial charge in [-0.15, -0.1) is 0 Å². The first-order valence-electron chi connectivity index (χ1n) is 7.70. The van der Waals surface area contributed by atoms with Crippen LogP contribution in [0, 0.1) is 5.92 Å². The zero-order valence-corrected chi connectivity index (χ0v) is 13.0. The minimum absolute atomic E-state index is 0.527. The highest BCUT2D eigenvalue weighted by atomic mass is 16.5. The van der Waals surface area contributed by atoms with Crippen LogP contribution >= 0.6 is 0 Å².